The minimum atomic E-state index is 0.837. The Kier molecular flexibility index (Phi) is 3.27. The molecule has 1 aliphatic rings. The molecule has 0 atom stereocenters. The van der Waals surface area contributed by atoms with Crippen molar-refractivity contribution >= 4 is 43.2 Å². The topological polar surface area (TPSA) is 47.0 Å². The van der Waals surface area contributed by atoms with E-state index in [1.54, 1.807) is 29.8 Å². The molecule has 6 heteroatoms. The zero-order valence-corrected chi connectivity index (χ0v) is 13.3. The highest BCUT2D eigenvalue weighted by atomic mass is 32.1. The quantitative estimate of drug-likeness (QED) is 0.778. The smallest absolute Gasteiger partial charge is 0.190 e. The fourth-order valence-corrected chi connectivity index (χ4v) is 4.54. The molecule has 4 rings (SSSR count). The number of nitrogens with one attached hydrogen (secondary N) is 1. The summed E-state index contributed by atoms with van der Waals surface area (Å²) >= 11 is 3.41. The Balaban J connectivity index is 1.63. The van der Waals surface area contributed by atoms with Gasteiger partial charge in [0.05, 0.1) is 23.0 Å². The van der Waals surface area contributed by atoms with Gasteiger partial charge in [-0.25, -0.2) is 9.97 Å². The van der Waals surface area contributed by atoms with E-state index in [0.29, 0.717) is 0 Å². The number of rotatable bonds is 3. The van der Waals surface area contributed by atoms with E-state index in [1.165, 1.54) is 29.8 Å². The molecule has 0 saturated carbocycles. The molecule has 0 radical (unpaired) electrons. The predicted molar refractivity (Wildman–Crippen MR) is 88.2 cm³/mol. The molecule has 2 aromatic heterocycles. The van der Waals surface area contributed by atoms with E-state index >= 15 is 0 Å². The van der Waals surface area contributed by atoms with Crippen LogP contribution in [0.3, 0.4) is 0 Å². The predicted octanol–water partition coefficient (Wildman–Crippen LogP) is 4.38. The summed E-state index contributed by atoms with van der Waals surface area (Å²) in [6, 6.07) is 5.97. The van der Waals surface area contributed by atoms with Crippen molar-refractivity contribution in [1.82, 2.24) is 9.97 Å². The van der Waals surface area contributed by atoms with Crippen LogP contribution in [-0.4, -0.2) is 17.1 Å². The number of hydrogen-bond acceptors (Lipinski definition) is 6. The van der Waals surface area contributed by atoms with Gasteiger partial charge in [-0.15, -0.1) is 11.3 Å². The SMILES string of the molecule is COc1ccc2sc(Nc3nc4c(s3)CCCC4)nc2c1. The number of thiazole rings is 2. The summed E-state index contributed by atoms with van der Waals surface area (Å²) in [5.41, 5.74) is 2.24. The molecule has 21 heavy (non-hydrogen) atoms. The number of aryl methyl sites for hydroxylation is 2. The Hall–Kier alpha value is -1.66. The van der Waals surface area contributed by atoms with Gasteiger partial charge in [-0.1, -0.05) is 11.3 Å². The van der Waals surface area contributed by atoms with Gasteiger partial charge in [-0.3, -0.25) is 0 Å². The maximum atomic E-state index is 5.24. The third kappa shape index (κ3) is 2.49. The van der Waals surface area contributed by atoms with Crippen LogP contribution < -0.4 is 10.1 Å². The molecule has 3 aromatic rings. The molecule has 0 bridgehead atoms. The van der Waals surface area contributed by atoms with Crippen LogP contribution in [0, 0.1) is 0 Å². The summed E-state index contributed by atoms with van der Waals surface area (Å²) in [6.45, 7) is 0. The molecular formula is C15H15N3OS2. The average Bonchev–Trinajstić information content (AvgIpc) is 3.08. The molecule has 4 nitrogen and oxygen atoms in total. The van der Waals surface area contributed by atoms with Crippen molar-refractivity contribution in [3.05, 3.63) is 28.8 Å². The maximum absolute atomic E-state index is 5.24. The van der Waals surface area contributed by atoms with Gasteiger partial charge in [-0.05, 0) is 37.8 Å². The van der Waals surface area contributed by atoms with Crippen molar-refractivity contribution in [3.8, 4) is 5.75 Å². The Morgan fingerprint density at radius 3 is 2.81 bits per heavy atom. The first-order valence-electron chi connectivity index (χ1n) is 7.02. The summed E-state index contributed by atoms with van der Waals surface area (Å²) in [4.78, 5) is 10.8. The number of methoxy groups -OCH3 is 1. The van der Waals surface area contributed by atoms with E-state index in [9.17, 15) is 0 Å². The lowest BCUT2D eigenvalue weighted by Gasteiger charge is -2.06. The summed E-state index contributed by atoms with van der Waals surface area (Å²) in [5, 5.41) is 5.22. The second-order valence-corrected chi connectivity index (χ2v) is 7.19. The van der Waals surface area contributed by atoms with Gasteiger partial charge in [0.25, 0.3) is 0 Å². The minimum absolute atomic E-state index is 0.837. The maximum Gasteiger partial charge on any atom is 0.190 e. The Bertz CT molecular complexity index is 770. The van der Waals surface area contributed by atoms with Crippen molar-refractivity contribution in [1.29, 1.82) is 0 Å². The van der Waals surface area contributed by atoms with Gasteiger partial charge in [-0.2, -0.15) is 0 Å². The minimum Gasteiger partial charge on any atom is -0.497 e. The number of nitrogens with zero attached hydrogens (tertiary/aromatic N) is 2. The van der Waals surface area contributed by atoms with Crippen molar-refractivity contribution in [2.45, 2.75) is 25.7 Å². The van der Waals surface area contributed by atoms with Crippen LogP contribution in [0.5, 0.6) is 5.75 Å². The highest BCUT2D eigenvalue weighted by molar-refractivity contribution is 7.22. The van der Waals surface area contributed by atoms with Crippen LogP contribution in [0.15, 0.2) is 18.2 Å². The standard InChI is InChI=1S/C15H15N3OS2/c1-19-9-6-7-13-11(8-9)17-15(21-13)18-14-16-10-4-2-3-5-12(10)20-14/h6-8H,2-5H2,1H3,(H,16,17,18). The van der Waals surface area contributed by atoms with Gasteiger partial charge in [0.15, 0.2) is 10.3 Å². The van der Waals surface area contributed by atoms with Gasteiger partial charge >= 0.3 is 0 Å². The lowest BCUT2D eigenvalue weighted by atomic mass is 10.0. The van der Waals surface area contributed by atoms with E-state index < -0.39 is 0 Å². The fraction of sp³-hybridized carbons (Fsp3) is 0.333. The van der Waals surface area contributed by atoms with Crippen LogP contribution in [0.4, 0.5) is 10.3 Å². The summed E-state index contributed by atoms with van der Waals surface area (Å²) in [7, 11) is 1.67. The average molecular weight is 317 g/mol. The molecule has 0 amide bonds. The second-order valence-electron chi connectivity index (χ2n) is 5.07. The monoisotopic (exact) mass is 317 g/mol. The number of anilines is 2. The zero-order chi connectivity index (χ0) is 14.2. The van der Waals surface area contributed by atoms with Gasteiger partial charge in [0.1, 0.15) is 5.75 Å². The third-order valence-corrected chi connectivity index (χ3v) is 5.68. The van der Waals surface area contributed by atoms with Crippen LogP contribution in [0.2, 0.25) is 0 Å². The number of fused-ring (bicyclic) bond motifs is 2. The molecule has 0 fully saturated rings. The van der Waals surface area contributed by atoms with E-state index in [0.717, 1.165) is 32.7 Å². The largest absolute Gasteiger partial charge is 0.497 e. The van der Waals surface area contributed by atoms with Gasteiger partial charge < -0.3 is 10.1 Å². The first-order chi connectivity index (χ1) is 10.3. The molecule has 1 aromatic carbocycles. The third-order valence-electron chi connectivity index (χ3n) is 3.65. The lowest BCUT2D eigenvalue weighted by Crippen LogP contribution is -1.99. The summed E-state index contributed by atoms with van der Waals surface area (Å²) < 4.78 is 6.39. The van der Waals surface area contributed by atoms with Crippen molar-refractivity contribution in [2.75, 3.05) is 12.4 Å². The number of benzene rings is 1. The lowest BCUT2D eigenvalue weighted by molar-refractivity contribution is 0.415. The molecule has 1 N–H and O–H groups in total. The highest BCUT2D eigenvalue weighted by Crippen LogP contribution is 2.34. The highest BCUT2D eigenvalue weighted by Gasteiger charge is 2.16. The Morgan fingerprint density at radius 1 is 1.10 bits per heavy atom. The zero-order valence-electron chi connectivity index (χ0n) is 11.7. The van der Waals surface area contributed by atoms with E-state index in [1.807, 2.05) is 18.2 Å². The molecule has 0 saturated heterocycles. The molecular weight excluding hydrogens is 302 g/mol. The van der Waals surface area contributed by atoms with Crippen LogP contribution in [0.1, 0.15) is 23.4 Å². The molecule has 0 aliphatic heterocycles. The van der Waals surface area contributed by atoms with E-state index in [2.05, 4.69) is 10.3 Å². The van der Waals surface area contributed by atoms with Crippen molar-refractivity contribution in [3.63, 3.8) is 0 Å². The van der Waals surface area contributed by atoms with Gasteiger partial charge in [0.2, 0.25) is 0 Å². The summed E-state index contributed by atoms with van der Waals surface area (Å²) in [5.74, 6) is 0.837. The summed E-state index contributed by atoms with van der Waals surface area (Å²) in [6.07, 6.45) is 4.84. The van der Waals surface area contributed by atoms with Crippen LogP contribution >= 0.6 is 22.7 Å². The van der Waals surface area contributed by atoms with Crippen molar-refractivity contribution < 1.29 is 4.74 Å². The number of hydrogen-bond donors (Lipinski definition) is 1. The fourth-order valence-electron chi connectivity index (χ4n) is 2.58. The molecule has 1 aliphatic carbocycles. The van der Waals surface area contributed by atoms with Crippen LogP contribution in [-0.2, 0) is 12.8 Å². The molecule has 0 unspecified atom stereocenters. The normalized spacial score (nSPS) is 14.1. The first kappa shape index (κ1) is 13.0. The van der Waals surface area contributed by atoms with E-state index in [4.69, 9.17) is 9.72 Å². The Morgan fingerprint density at radius 2 is 1.95 bits per heavy atom. The first-order valence-corrected chi connectivity index (χ1v) is 8.65. The molecule has 2 heterocycles. The van der Waals surface area contributed by atoms with Crippen LogP contribution in [0.25, 0.3) is 10.2 Å². The van der Waals surface area contributed by atoms with Crippen molar-refractivity contribution in [2.24, 2.45) is 0 Å². The number of aromatic nitrogens is 2. The van der Waals surface area contributed by atoms with E-state index in [-0.39, 0.29) is 0 Å². The Labute approximate surface area is 130 Å². The molecule has 0 spiro atoms. The molecule has 108 valence electrons. The number of ether oxygens (including phenoxy) is 1. The van der Waals surface area contributed by atoms with Gasteiger partial charge in [0, 0.05) is 10.9 Å². The second kappa shape index (κ2) is 5.27.